The first-order chi connectivity index (χ1) is 15.5. The Bertz CT molecular complexity index is 1250. The highest BCUT2D eigenvalue weighted by molar-refractivity contribution is 6.08. The highest BCUT2D eigenvalue weighted by Crippen LogP contribution is 2.28. The molecule has 0 saturated carbocycles. The summed E-state index contributed by atoms with van der Waals surface area (Å²) in [7, 11) is 0. The van der Waals surface area contributed by atoms with Crippen LogP contribution in [0.1, 0.15) is 28.7 Å². The Morgan fingerprint density at radius 2 is 1.66 bits per heavy atom. The Hall–Kier alpha value is -3.51. The molecule has 0 spiro atoms. The average Bonchev–Trinajstić information content (AvgIpc) is 2.78. The first-order valence-corrected chi connectivity index (χ1v) is 10.9. The molecule has 6 nitrogen and oxygen atoms in total. The number of nitrogens with one attached hydrogen (secondary N) is 1. The van der Waals surface area contributed by atoms with E-state index in [-0.39, 0.29) is 6.42 Å². The Morgan fingerprint density at radius 1 is 0.938 bits per heavy atom. The number of pyridine rings is 2. The monoisotopic (exact) mass is 428 g/mol. The molecule has 0 bridgehead atoms. The number of benzene rings is 2. The molecule has 0 aliphatic rings. The average molecular weight is 429 g/mol. The molecule has 4 rings (SSSR count). The third-order valence-corrected chi connectivity index (χ3v) is 5.70. The molecule has 0 unspecified atom stereocenters. The van der Waals surface area contributed by atoms with Crippen molar-refractivity contribution in [3.8, 4) is 0 Å². The van der Waals surface area contributed by atoms with E-state index in [2.05, 4.69) is 70.7 Å². The maximum atomic E-state index is 10.5. The van der Waals surface area contributed by atoms with Crippen molar-refractivity contribution in [3.05, 3.63) is 77.0 Å². The Balaban J connectivity index is 1.40. The van der Waals surface area contributed by atoms with E-state index in [0.717, 1.165) is 53.2 Å². The van der Waals surface area contributed by atoms with Crippen molar-refractivity contribution in [2.24, 2.45) is 0 Å². The molecule has 0 fully saturated rings. The minimum Gasteiger partial charge on any atom is -0.481 e. The quantitative estimate of drug-likeness (QED) is 0.274. The lowest BCUT2D eigenvalue weighted by atomic mass is 10.0. The van der Waals surface area contributed by atoms with Gasteiger partial charge in [0.25, 0.3) is 0 Å². The number of fused-ring (bicyclic) bond motifs is 3. The molecule has 0 atom stereocenters. The molecule has 6 heteroatoms. The second-order valence-corrected chi connectivity index (χ2v) is 8.22. The number of nitrogen functional groups attached to an aromatic ring is 1. The number of aromatic nitrogens is 2. The van der Waals surface area contributed by atoms with Gasteiger partial charge in [-0.1, -0.05) is 36.4 Å². The summed E-state index contributed by atoms with van der Waals surface area (Å²) in [6.07, 6.45) is 4.77. The van der Waals surface area contributed by atoms with Gasteiger partial charge in [-0.15, -0.1) is 0 Å². The lowest BCUT2D eigenvalue weighted by Gasteiger charge is -2.09. The molecule has 4 aromatic rings. The van der Waals surface area contributed by atoms with Gasteiger partial charge in [0.2, 0.25) is 0 Å². The lowest BCUT2D eigenvalue weighted by Crippen LogP contribution is -2.20. The molecular formula is C26H28N4O2. The molecule has 0 saturated heterocycles. The van der Waals surface area contributed by atoms with Gasteiger partial charge in [-0.3, -0.25) is 9.78 Å². The van der Waals surface area contributed by atoms with Crippen LogP contribution in [0.4, 0.5) is 5.82 Å². The minimum atomic E-state index is -0.771. The fraction of sp³-hybridized carbons (Fsp3) is 0.269. The van der Waals surface area contributed by atoms with Crippen LogP contribution >= 0.6 is 0 Å². The van der Waals surface area contributed by atoms with E-state index in [1.165, 1.54) is 16.7 Å². The third kappa shape index (κ3) is 5.21. The third-order valence-electron chi connectivity index (χ3n) is 5.70. The van der Waals surface area contributed by atoms with Gasteiger partial charge in [0, 0.05) is 23.5 Å². The summed E-state index contributed by atoms with van der Waals surface area (Å²) in [5.41, 5.74) is 12.7. The first kappa shape index (κ1) is 21.7. The number of hydrogen-bond acceptors (Lipinski definition) is 5. The molecule has 32 heavy (non-hydrogen) atoms. The zero-order valence-electron chi connectivity index (χ0n) is 18.3. The lowest BCUT2D eigenvalue weighted by molar-refractivity contribution is -0.136. The van der Waals surface area contributed by atoms with Crippen molar-refractivity contribution in [3.63, 3.8) is 0 Å². The van der Waals surface area contributed by atoms with Crippen molar-refractivity contribution in [2.75, 3.05) is 18.8 Å². The Labute approximate surface area is 187 Å². The van der Waals surface area contributed by atoms with Crippen molar-refractivity contribution in [1.29, 1.82) is 0 Å². The van der Waals surface area contributed by atoms with Crippen LogP contribution in [0.15, 0.2) is 54.7 Å². The first-order valence-electron chi connectivity index (χ1n) is 10.9. The van der Waals surface area contributed by atoms with Crippen molar-refractivity contribution < 1.29 is 9.90 Å². The van der Waals surface area contributed by atoms with Crippen LogP contribution in [-0.2, 0) is 24.1 Å². The van der Waals surface area contributed by atoms with E-state index in [1.807, 2.05) is 6.20 Å². The number of nitrogens with two attached hydrogens (primary N) is 1. The molecule has 2 aromatic carbocycles. The molecular weight excluding hydrogens is 400 g/mol. The normalized spacial score (nSPS) is 11.3. The van der Waals surface area contributed by atoms with Crippen LogP contribution in [-0.4, -0.2) is 34.1 Å². The zero-order valence-corrected chi connectivity index (χ0v) is 18.3. The summed E-state index contributed by atoms with van der Waals surface area (Å²) in [5, 5.41) is 14.0. The SMILES string of the molecule is Cc1ccc2c(c1)nc(N)c1ncc(CCc3ccc(CCNCCC(=O)O)cc3)cc12. The van der Waals surface area contributed by atoms with Crippen molar-refractivity contribution in [1.82, 2.24) is 15.3 Å². The second-order valence-electron chi connectivity index (χ2n) is 8.22. The number of carboxylic acid groups (broad SMARTS) is 1. The maximum absolute atomic E-state index is 10.5. The van der Waals surface area contributed by atoms with E-state index >= 15 is 0 Å². The molecule has 0 amide bonds. The number of nitrogens with zero attached hydrogens (tertiary/aromatic N) is 2. The van der Waals surface area contributed by atoms with E-state index in [4.69, 9.17) is 10.8 Å². The van der Waals surface area contributed by atoms with Crippen LogP contribution in [0.25, 0.3) is 21.8 Å². The molecule has 4 N–H and O–H groups in total. The molecule has 0 aliphatic carbocycles. The van der Waals surface area contributed by atoms with Gasteiger partial charge in [0.1, 0.15) is 5.52 Å². The van der Waals surface area contributed by atoms with Gasteiger partial charge in [0.15, 0.2) is 5.82 Å². The predicted octanol–water partition coefficient (Wildman–Crippen LogP) is 4.07. The molecule has 2 aromatic heterocycles. The van der Waals surface area contributed by atoms with Crippen molar-refractivity contribution in [2.45, 2.75) is 32.6 Å². The number of aliphatic carboxylic acids is 1. The molecule has 2 heterocycles. The van der Waals surface area contributed by atoms with Gasteiger partial charge >= 0.3 is 5.97 Å². The van der Waals surface area contributed by atoms with Gasteiger partial charge in [-0.25, -0.2) is 4.98 Å². The summed E-state index contributed by atoms with van der Waals surface area (Å²) >= 11 is 0. The number of aryl methyl sites for hydroxylation is 3. The van der Waals surface area contributed by atoms with Gasteiger partial charge in [-0.2, -0.15) is 0 Å². The topological polar surface area (TPSA) is 101 Å². The van der Waals surface area contributed by atoms with E-state index < -0.39 is 5.97 Å². The van der Waals surface area contributed by atoms with Gasteiger partial charge < -0.3 is 16.2 Å². The Morgan fingerprint density at radius 3 is 2.41 bits per heavy atom. The summed E-state index contributed by atoms with van der Waals surface area (Å²) in [6.45, 7) is 3.34. The van der Waals surface area contributed by atoms with Crippen LogP contribution in [0.2, 0.25) is 0 Å². The molecule has 0 radical (unpaired) electrons. The number of carbonyl (C=O) groups is 1. The maximum Gasteiger partial charge on any atom is 0.304 e. The number of rotatable bonds is 9. The summed E-state index contributed by atoms with van der Waals surface area (Å²) < 4.78 is 0. The largest absolute Gasteiger partial charge is 0.481 e. The fourth-order valence-corrected chi connectivity index (χ4v) is 3.91. The Kier molecular flexibility index (Phi) is 6.61. The highest BCUT2D eigenvalue weighted by Gasteiger charge is 2.09. The van der Waals surface area contributed by atoms with Crippen LogP contribution in [0.3, 0.4) is 0 Å². The van der Waals surface area contributed by atoms with Crippen LogP contribution < -0.4 is 11.1 Å². The molecule has 0 aliphatic heterocycles. The van der Waals surface area contributed by atoms with Crippen molar-refractivity contribution >= 4 is 33.6 Å². The van der Waals surface area contributed by atoms with E-state index in [0.29, 0.717) is 12.4 Å². The summed E-state index contributed by atoms with van der Waals surface area (Å²) in [6, 6.07) is 17.1. The number of anilines is 1. The fourth-order valence-electron chi connectivity index (χ4n) is 3.91. The van der Waals surface area contributed by atoms with Gasteiger partial charge in [-0.05, 0) is 67.1 Å². The summed E-state index contributed by atoms with van der Waals surface area (Å²) in [4.78, 5) is 19.7. The number of carboxylic acids is 1. The van der Waals surface area contributed by atoms with Crippen LogP contribution in [0, 0.1) is 6.92 Å². The minimum absolute atomic E-state index is 0.154. The zero-order chi connectivity index (χ0) is 22.5. The van der Waals surface area contributed by atoms with Crippen LogP contribution in [0.5, 0.6) is 0 Å². The highest BCUT2D eigenvalue weighted by atomic mass is 16.4. The second kappa shape index (κ2) is 9.75. The molecule has 164 valence electrons. The number of hydrogen-bond donors (Lipinski definition) is 3. The van der Waals surface area contributed by atoms with Gasteiger partial charge in [0.05, 0.1) is 11.9 Å². The summed E-state index contributed by atoms with van der Waals surface area (Å²) in [5.74, 6) is -0.301. The smallest absolute Gasteiger partial charge is 0.304 e. The predicted molar refractivity (Wildman–Crippen MR) is 129 cm³/mol. The van der Waals surface area contributed by atoms with E-state index in [9.17, 15) is 4.79 Å². The standard InChI is InChI=1S/C26H28N4O2/c1-17-2-9-21-22-15-20(16-29-25(22)26(27)30-23(21)14-17)8-7-18-3-5-19(6-4-18)10-12-28-13-11-24(31)32/h2-6,9,14-16,28H,7-8,10-13H2,1H3,(H2,27,30)(H,31,32). The van der Waals surface area contributed by atoms with E-state index in [1.54, 1.807) is 0 Å².